The fourth-order valence-electron chi connectivity index (χ4n) is 0. The molecule has 0 aliphatic heterocycles. The van der Waals surface area contributed by atoms with E-state index in [-0.39, 0.29) is 28.4 Å². The Morgan fingerprint density at radius 3 is 0.917 bits per heavy atom. The lowest BCUT2D eigenvalue weighted by molar-refractivity contribution is 0.216. The summed E-state index contributed by atoms with van der Waals surface area (Å²) in [5.41, 5.74) is 0. The zero-order valence-corrected chi connectivity index (χ0v) is 7.18. The Labute approximate surface area is 80.6 Å². The molecule has 0 saturated heterocycles. The second-order valence-corrected chi connectivity index (χ2v) is 1.80. The Balaban J connectivity index is -0.0000000105. The van der Waals surface area contributed by atoms with E-state index in [0.717, 1.165) is 7.11 Å². The van der Waals surface area contributed by atoms with E-state index in [4.69, 9.17) is 10.2 Å². The predicted octanol–water partition coefficient (Wildman–Crippen LogP) is 3.32. The SMILES string of the molecule is C.C.C.CC(C)O.CCC.CO. The Bertz CT molecular complexity index is 19.0. The van der Waals surface area contributed by atoms with E-state index in [1.165, 1.54) is 6.42 Å². The molecule has 0 unspecified atom stereocenters. The van der Waals surface area contributed by atoms with Gasteiger partial charge in [-0.2, -0.15) is 0 Å². The van der Waals surface area contributed by atoms with E-state index in [2.05, 4.69) is 13.8 Å². The molecule has 0 rings (SSSR count). The summed E-state index contributed by atoms with van der Waals surface area (Å²) >= 11 is 0. The molecule has 2 heteroatoms. The third-order valence-corrected chi connectivity index (χ3v) is 0. The smallest absolute Gasteiger partial charge is 0.0483 e. The van der Waals surface area contributed by atoms with Crippen LogP contribution in [0.3, 0.4) is 0 Å². The first kappa shape index (κ1) is 40.6. The third-order valence-electron chi connectivity index (χ3n) is 0. The third kappa shape index (κ3) is 123000. The van der Waals surface area contributed by atoms with Gasteiger partial charge < -0.3 is 10.2 Å². The number of hydrogen-bond donors (Lipinski definition) is 2. The van der Waals surface area contributed by atoms with Crippen LogP contribution in [0.15, 0.2) is 0 Å². The summed E-state index contributed by atoms with van der Waals surface area (Å²) in [4.78, 5) is 0. The van der Waals surface area contributed by atoms with Crippen LogP contribution in [-0.4, -0.2) is 23.4 Å². The zero-order valence-electron chi connectivity index (χ0n) is 7.18. The van der Waals surface area contributed by atoms with Crippen molar-refractivity contribution >= 4 is 0 Å². The summed E-state index contributed by atoms with van der Waals surface area (Å²) in [6.07, 6.45) is 1.08. The van der Waals surface area contributed by atoms with Gasteiger partial charge in [-0.1, -0.05) is 42.5 Å². The molecule has 84 valence electrons. The molecule has 0 saturated carbocycles. The van der Waals surface area contributed by atoms with Crippen LogP contribution >= 0.6 is 0 Å². The lowest BCUT2D eigenvalue weighted by Crippen LogP contribution is -1.85. The molecule has 0 spiro atoms. The molecule has 0 aromatic rings. The van der Waals surface area contributed by atoms with Crippen LogP contribution in [0.2, 0.25) is 0 Å². The highest BCUT2D eigenvalue weighted by molar-refractivity contribution is 4.20. The van der Waals surface area contributed by atoms with Gasteiger partial charge in [0.1, 0.15) is 0 Å². The van der Waals surface area contributed by atoms with Crippen LogP contribution in [0.25, 0.3) is 0 Å². The van der Waals surface area contributed by atoms with Gasteiger partial charge in [0, 0.05) is 13.2 Å². The van der Waals surface area contributed by atoms with Crippen molar-refractivity contribution in [2.24, 2.45) is 0 Å². The van der Waals surface area contributed by atoms with Gasteiger partial charge in [-0.15, -0.1) is 0 Å². The van der Waals surface area contributed by atoms with E-state index in [1.54, 1.807) is 13.8 Å². The Morgan fingerprint density at radius 1 is 0.917 bits per heavy atom. The Hall–Kier alpha value is -0.0800. The molecule has 2 nitrogen and oxygen atoms in total. The van der Waals surface area contributed by atoms with Gasteiger partial charge >= 0.3 is 0 Å². The van der Waals surface area contributed by atoms with Gasteiger partial charge in [0.05, 0.1) is 0 Å². The minimum Gasteiger partial charge on any atom is -0.400 e. The molecular formula is C10H32O2. The van der Waals surface area contributed by atoms with Crippen molar-refractivity contribution in [3.63, 3.8) is 0 Å². The van der Waals surface area contributed by atoms with E-state index >= 15 is 0 Å². The van der Waals surface area contributed by atoms with E-state index in [9.17, 15) is 0 Å². The summed E-state index contributed by atoms with van der Waals surface area (Å²) in [6, 6.07) is 0. The minimum absolute atomic E-state index is 0. The molecule has 0 atom stereocenters. The normalized spacial score (nSPS) is 5.00. The molecule has 12 heavy (non-hydrogen) atoms. The molecule has 0 bridgehead atoms. The van der Waals surface area contributed by atoms with E-state index in [0.29, 0.717) is 0 Å². The number of rotatable bonds is 0. The average Bonchev–Trinajstić information content (AvgIpc) is 1.71. The van der Waals surface area contributed by atoms with Gasteiger partial charge in [0.25, 0.3) is 0 Å². The Morgan fingerprint density at radius 2 is 0.917 bits per heavy atom. The summed E-state index contributed by atoms with van der Waals surface area (Å²) in [5, 5.41) is 15.1. The van der Waals surface area contributed by atoms with Crippen LogP contribution in [0, 0.1) is 0 Å². The molecule has 0 radical (unpaired) electrons. The minimum atomic E-state index is -0.167. The summed E-state index contributed by atoms with van der Waals surface area (Å²) in [6.45, 7) is 7.69. The van der Waals surface area contributed by atoms with Crippen molar-refractivity contribution in [2.75, 3.05) is 7.11 Å². The number of aliphatic hydroxyl groups excluding tert-OH is 2. The summed E-state index contributed by atoms with van der Waals surface area (Å²) in [5.74, 6) is 0. The number of hydrogen-bond acceptors (Lipinski definition) is 2. The maximum Gasteiger partial charge on any atom is 0.0483 e. The highest BCUT2D eigenvalue weighted by Gasteiger charge is 1.69. The molecule has 0 aliphatic rings. The van der Waals surface area contributed by atoms with Crippen LogP contribution in [0.1, 0.15) is 56.4 Å². The summed E-state index contributed by atoms with van der Waals surface area (Å²) in [7, 11) is 1.00. The molecule has 0 heterocycles. The zero-order chi connectivity index (χ0) is 8.28. The average molecular weight is 184 g/mol. The van der Waals surface area contributed by atoms with Gasteiger partial charge in [-0.05, 0) is 13.8 Å². The fourth-order valence-corrected chi connectivity index (χ4v) is 0. The van der Waals surface area contributed by atoms with Crippen LogP contribution < -0.4 is 0 Å². The van der Waals surface area contributed by atoms with Crippen LogP contribution in [0.4, 0.5) is 0 Å². The lowest BCUT2D eigenvalue weighted by atomic mass is 10.5. The van der Waals surface area contributed by atoms with Crippen molar-refractivity contribution in [2.45, 2.75) is 62.5 Å². The van der Waals surface area contributed by atoms with Gasteiger partial charge in [0.2, 0.25) is 0 Å². The maximum absolute atomic E-state index is 8.06. The van der Waals surface area contributed by atoms with Crippen molar-refractivity contribution in [1.29, 1.82) is 0 Å². The van der Waals surface area contributed by atoms with Crippen LogP contribution in [0.5, 0.6) is 0 Å². The predicted molar refractivity (Wildman–Crippen MR) is 61.7 cm³/mol. The second kappa shape index (κ2) is 69.9. The van der Waals surface area contributed by atoms with Crippen molar-refractivity contribution in [1.82, 2.24) is 0 Å². The van der Waals surface area contributed by atoms with Gasteiger partial charge in [-0.25, -0.2) is 0 Å². The second-order valence-electron chi connectivity index (χ2n) is 1.80. The molecular weight excluding hydrogens is 152 g/mol. The molecule has 0 aromatic heterocycles. The molecule has 2 N–H and O–H groups in total. The number of aliphatic hydroxyl groups is 2. The molecule has 0 aromatic carbocycles. The quantitative estimate of drug-likeness (QED) is 0.606. The largest absolute Gasteiger partial charge is 0.400 e. The fraction of sp³-hybridized carbons (Fsp3) is 1.00. The van der Waals surface area contributed by atoms with Crippen molar-refractivity contribution in [3.05, 3.63) is 0 Å². The molecule has 0 amide bonds. The summed E-state index contributed by atoms with van der Waals surface area (Å²) < 4.78 is 0. The van der Waals surface area contributed by atoms with Crippen LogP contribution in [-0.2, 0) is 0 Å². The molecule has 0 aliphatic carbocycles. The van der Waals surface area contributed by atoms with Gasteiger partial charge in [0.15, 0.2) is 0 Å². The topological polar surface area (TPSA) is 40.5 Å². The first-order valence-corrected chi connectivity index (χ1v) is 3.27. The highest BCUT2D eigenvalue weighted by Crippen LogP contribution is 1.65. The standard InChI is InChI=1S/C3H8O.C3H8.CH4O.3CH4/c1-3(2)4;1-3-2;1-2;;;/h3-4H,1-2H3;3H2,1-2H3;2H,1H3;3*1H4. The monoisotopic (exact) mass is 184 g/mol. The first-order chi connectivity index (χ1) is 4.15. The van der Waals surface area contributed by atoms with Gasteiger partial charge in [-0.3, -0.25) is 0 Å². The highest BCUT2D eigenvalue weighted by atomic mass is 16.3. The van der Waals surface area contributed by atoms with E-state index < -0.39 is 0 Å². The van der Waals surface area contributed by atoms with Crippen molar-refractivity contribution in [3.8, 4) is 0 Å². The molecule has 0 fully saturated rings. The Kier molecular flexibility index (Phi) is 236. The first-order valence-electron chi connectivity index (χ1n) is 3.27. The van der Waals surface area contributed by atoms with E-state index in [1.807, 2.05) is 0 Å². The lowest BCUT2D eigenvalue weighted by Gasteiger charge is -1.80. The maximum atomic E-state index is 8.06. The van der Waals surface area contributed by atoms with Crippen molar-refractivity contribution < 1.29 is 10.2 Å².